The molecule has 0 bridgehead atoms. The van der Waals surface area contributed by atoms with Crippen LogP contribution in [0.1, 0.15) is 28.4 Å². The highest BCUT2D eigenvalue weighted by Gasteiger charge is 2.22. The topological polar surface area (TPSA) is 74.7 Å². The number of hydrogen-bond donors (Lipinski definition) is 0. The third-order valence-electron chi connectivity index (χ3n) is 4.70. The number of carbonyl (C=O) groups is 2. The molecule has 0 aliphatic heterocycles. The third kappa shape index (κ3) is 4.98. The summed E-state index contributed by atoms with van der Waals surface area (Å²) in [5.41, 5.74) is 2.71. The van der Waals surface area contributed by atoms with Gasteiger partial charge in [0.1, 0.15) is 0 Å². The van der Waals surface area contributed by atoms with Gasteiger partial charge in [0.05, 0.1) is 26.4 Å². The van der Waals surface area contributed by atoms with E-state index in [2.05, 4.69) is 4.98 Å². The molecular formula is C25H22ClNO5. The minimum atomic E-state index is -0.462. The van der Waals surface area contributed by atoms with Gasteiger partial charge in [-0.3, -0.25) is 9.78 Å². The van der Waals surface area contributed by atoms with Gasteiger partial charge in [0.15, 0.2) is 17.3 Å². The van der Waals surface area contributed by atoms with Crippen molar-refractivity contribution in [3.05, 3.63) is 82.6 Å². The Balaban J connectivity index is 2.14. The fourth-order valence-electron chi connectivity index (χ4n) is 3.28. The highest BCUT2D eigenvalue weighted by atomic mass is 35.5. The summed E-state index contributed by atoms with van der Waals surface area (Å²) in [5, 5.41) is 0.414. The van der Waals surface area contributed by atoms with Gasteiger partial charge in [0.2, 0.25) is 0 Å². The van der Waals surface area contributed by atoms with Crippen LogP contribution in [0.2, 0.25) is 5.02 Å². The molecule has 0 spiro atoms. The van der Waals surface area contributed by atoms with Gasteiger partial charge in [-0.1, -0.05) is 23.7 Å². The van der Waals surface area contributed by atoms with Crippen LogP contribution in [-0.2, 0) is 9.53 Å². The molecule has 0 aliphatic rings. The molecule has 3 rings (SSSR count). The Kier molecular flexibility index (Phi) is 7.63. The van der Waals surface area contributed by atoms with E-state index >= 15 is 0 Å². The van der Waals surface area contributed by atoms with Crippen molar-refractivity contribution in [1.29, 1.82) is 0 Å². The summed E-state index contributed by atoms with van der Waals surface area (Å²) in [6, 6.07) is 12.0. The normalized spacial score (nSPS) is 10.8. The van der Waals surface area contributed by atoms with Crippen LogP contribution < -0.4 is 9.47 Å². The number of nitrogens with zero attached hydrogens (tertiary/aromatic N) is 1. The summed E-state index contributed by atoms with van der Waals surface area (Å²) in [6.45, 7) is 2.01. The first-order valence-electron chi connectivity index (χ1n) is 9.84. The molecule has 0 saturated carbocycles. The number of esters is 1. The van der Waals surface area contributed by atoms with E-state index in [0.29, 0.717) is 44.3 Å². The standard InChI is InChI=1S/C25H22ClNO5/c1-4-32-23(28)11-8-16-15-27-13-12-18(16)19-10-9-17(26)14-21(19)24(29)20-6-5-7-22(30-2)25(20)31-3/h5-15H,4H2,1-3H3/b11-8+. The molecular weight excluding hydrogens is 430 g/mol. The van der Waals surface area contributed by atoms with Gasteiger partial charge in [0.25, 0.3) is 0 Å². The van der Waals surface area contributed by atoms with Crippen LogP contribution in [0.5, 0.6) is 11.5 Å². The maximum Gasteiger partial charge on any atom is 0.330 e. The molecule has 32 heavy (non-hydrogen) atoms. The van der Waals surface area contributed by atoms with E-state index in [0.717, 1.165) is 0 Å². The Hall–Kier alpha value is -3.64. The molecule has 0 unspecified atom stereocenters. The Bertz CT molecular complexity index is 1170. The second-order valence-corrected chi connectivity index (χ2v) is 7.04. The number of para-hydroxylation sites is 1. The second kappa shape index (κ2) is 10.6. The van der Waals surface area contributed by atoms with E-state index in [4.69, 9.17) is 25.8 Å². The zero-order valence-electron chi connectivity index (χ0n) is 17.9. The number of rotatable bonds is 8. The maximum atomic E-state index is 13.6. The molecule has 3 aromatic rings. The van der Waals surface area contributed by atoms with Crippen LogP contribution in [0, 0.1) is 0 Å². The van der Waals surface area contributed by atoms with E-state index in [9.17, 15) is 9.59 Å². The maximum absolute atomic E-state index is 13.6. The first-order chi connectivity index (χ1) is 15.5. The minimum Gasteiger partial charge on any atom is -0.493 e. The fourth-order valence-corrected chi connectivity index (χ4v) is 3.46. The van der Waals surface area contributed by atoms with Crippen molar-refractivity contribution in [1.82, 2.24) is 4.98 Å². The largest absolute Gasteiger partial charge is 0.493 e. The highest BCUT2D eigenvalue weighted by Crippen LogP contribution is 2.36. The summed E-state index contributed by atoms with van der Waals surface area (Å²) in [4.78, 5) is 29.5. The van der Waals surface area contributed by atoms with Crippen LogP contribution in [0.15, 0.2) is 60.9 Å². The lowest BCUT2D eigenvalue weighted by Crippen LogP contribution is -2.07. The molecule has 1 heterocycles. The molecule has 7 heteroatoms. The van der Waals surface area contributed by atoms with Crippen molar-refractivity contribution in [2.75, 3.05) is 20.8 Å². The van der Waals surface area contributed by atoms with Gasteiger partial charge in [0, 0.05) is 34.6 Å². The van der Waals surface area contributed by atoms with Crippen molar-refractivity contribution in [3.8, 4) is 22.6 Å². The van der Waals surface area contributed by atoms with Gasteiger partial charge >= 0.3 is 5.97 Å². The lowest BCUT2D eigenvalue weighted by Gasteiger charge is -2.15. The smallest absolute Gasteiger partial charge is 0.330 e. The van der Waals surface area contributed by atoms with Crippen molar-refractivity contribution >= 4 is 29.4 Å². The van der Waals surface area contributed by atoms with Crippen LogP contribution in [0.3, 0.4) is 0 Å². The van der Waals surface area contributed by atoms with E-state index in [1.165, 1.54) is 20.3 Å². The number of carbonyl (C=O) groups excluding carboxylic acids is 2. The van der Waals surface area contributed by atoms with E-state index in [-0.39, 0.29) is 12.4 Å². The van der Waals surface area contributed by atoms with E-state index < -0.39 is 5.97 Å². The lowest BCUT2D eigenvalue weighted by molar-refractivity contribution is -0.137. The summed E-state index contributed by atoms with van der Waals surface area (Å²) < 4.78 is 15.7. The van der Waals surface area contributed by atoms with Crippen molar-refractivity contribution in [2.24, 2.45) is 0 Å². The molecule has 6 nitrogen and oxygen atoms in total. The summed E-state index contributed by atoms with van der Waals surface area (Å²) >= 11 is 6.25. The molecule has 1 aromatic heterocycles. The molecule has 0 N–H and O–H groups in total. The number of aromatic nitrogens is 1. The quantitative estimate of drug-likeness (QED) is 0.265. The number of halogens is 1. The van der Waals surface area contributed by atoms with Gasteiger partial charge in [-0.15, -0.1) is 0 Å². The van der Waals surface area contributed by atoms with Crippen LogP contribution in [-0.4, -0.2) is 37.6 Å². The first-order valence-corrected chi connectivity index (χ1v) is 10.2. The SMILES string of the molecule is CCOC(=O)/C=C/c1cnccc1-c1ccc(Cl)cc1C(=O)c1cccc(OC)c1OC. The summed E-state index contributed by atoms with van der Waals surface area (Å²) in [7, 11) is 2.99. The fraction of sp³-hybridized carbons (Fsp3) is 0.160. The highest BCUT2D eigenvalue weighted by molar-refractivity contribution is 6.31. The molecule has 0 atom stereocenters. The number of methoxy groups -OCH3 is 2. The average Bonchev–Trinajstić information content (AvgIpc) is 2.82. The van der Waals surface area contributed by atoms with E-state index in [1.54, 1.807) is 67.9 Å². The van der Waals surface area contributed by atoms with E-state index in [1.807, 2.05) is 0 Å². The second-order valence-electron chi connectivity index (χ2n) is 6.61. The Morgan fingerprint density at radius 1 is 1.03 bits per heavy atom. The van der Waals surface area contributed by atoms with Gasteiger partial charge in [-0.2, -0.15) is 0 Å². The van der Waals surface area contributed by atoms with Crippen LogP contribution in [0.4, 0.5) is 0 Å². The minimum absolute atomic E-state index is 0.279. The molecule has 164 valence electrons. The first kappa shape index (κ1) is 23.0. The zero-order chi connectivity index (χ0) is 23.1. The number of pyridine rings is 1. The van der Waals surface area contributed by atoms with Gasteiger partial charge in [-0.25, -0.2) is 4.79 Å². The molecule has 0 radical (unpaired) electrons. The third-order valence-corrected chi connectivity index (χ3v) is 4.94. The van der Waals surface area contributed by atoms with Gasteiger partial charge < -0.3 is 14.2 Å². The average molecular weight is 452 g/mol. The van der Waals surface area contributed by atoms with Crippen molar-refractivity contribution < 1.29 is 23.8 Å². The van der Waals surface area contributed by atoms with Crippen LogP contribution >= 0.6 is 11.6 Å². The monoisotopic (exact) mass is 451 g/mol. The number of ether oxygens (including phenoxy) is 3. The predicted octanol–water partition coefficient (Wildman–Crippen LogP) is 5.23. The molecule has 2 aromatic carbocycles. The summed E-state index contributed by atoms with van der Waals surface area (Å²) in [6.07, 6.45) is 6.16. The summed E-state index contributed by atoms with van der Waals surface area (Å²) in [5.74, 6) is 0.0400. The Labute approximate surface area is 191 Å². The predicted molar refractivity (Wildman–Crippen MR) is 123 cm³/mol. The van der Waals surface area contributed by atoms with Crippen molar-refractivity contribution in [3.63, 3.8) is 0 Å². The number of benzene rings is 2. The van der Waals surface area contributed by atoms with Crippen molar-refractivity contribution in [2.45, 2.75) is 6.92 Å². The van der Waals surface area contributed by atoms with Crippen LogP contribution in [0.25, 0.3) is 17.2 Å². The molecule has 0 fully saturated rings. The zero-order valence-corrected chi connectivity index (χ0v) is 18.7. The van der Waals surface area contributed by atoms with Gasteiger partial charge in [-0.05, 0) is 54.5 Å². The number of ketones is 1. The number of hydrogen-bond acceptors (Lipinski definition) is 6. The Morgan fingerprint density at radius 2 is 1.84 bits per heavy atom. The molecule has 0 aliphatic carbocycles. The lowest BCUT2D eigenvalue weighted by atomic mass is 9.91. The molecule has 0 saturated heterocycles. The Morgan fingerprint density at radius 3 is 2.56 bits per heavy atom. The molecule has 0 amide bonds.